The summed E-state index contributed by atoms with van der Waals surface area (Å²) < 4.78 is 0. The third-order valence-electron chi connectivity index (χ3n) is 3.62. The number of pyridine rings is 1. The molecule has 0 atom stereocenters. The number of likely N-dealkylation sites (N-methyl/N-ethyl adjacent to an activating group) is 1. The highest BCUT2D eigenvalue weighted by Crippen LogP contribution is 2.17. The number of nitrogens with one attached hydrogen (secondary N) is 1. The van der Waals surface area contributed by atoms with Crippen molar-refractivity contribution in [3.05, 3.63) is 24.0 Å². The molecule has 4 heteroatoms. The van der Waals surface area contributed by atoms with Gasteiger partial charge in [-0.25, -0.2) is 0 Å². The van der Waals surface area contributed by atoms with Crippen LogP contribution in [0.4, 0.5) is 5.69 Å². The van der Waals surface area contributed by atoms with E-state index in [9.17, 15) is 0 Å². The second-order valence-corrected chi connectivity index (χ2v) is 5.01. The smallest absolute Gasteiger partial charge is 0.0596 e. The minimum Gasteiger partial charge on any atom is -0.372 e. The minimum atomic E-state index is 0.895. The number of anilines is 1. The molecule has 1 aliphatic heterocycles. The van der Waals surface area contributed by atoms with Gasteiger partial charge < -0.3 is 15.1 Å². The van der Waals surface area contributed by atoms with Crippen LogP contribution in [-0.4, -0.2) is 50.2 Å². The van der Waals surface area contributed by atoms with Crippen LogP contribution in [0.15, 0.2) is 18.5 Å². The van der Waals surface area contributed by atoms with Gasteiger partial charge in [0.25, 0.3) is 0 Å². The SMILES string of the molecule is CNCc1ccncc1N(C)CCN1CCCC1. The van der Waals surface area contributed by atoms with Gasteiger partial charge in [-0.3, -0.25) is 4.98 Å². The summed E-state index contributed by atoms with van der Waals surface area (Å²) in [5.74, 6) is 0. The Hall–Kier alpha value is -1.13. The van der Waals surface area contributed by atoms with E-state index in [1.807, 2.05) is 19.4 Å². The molecule has 1 aromatic heterocycles. The molecule has 0 aromatic carbocycles. The highest BCUT2D eigenvalue weighted by molar-refractivity contribution is 5.50. The van der Waals surface area contributed by atoms with Crippen molar-refractivity contribution < 1.29 is 0 Å². The van der Waals surface area contributed by atoms with E-state index in [0.717, 1.165) is 19.6 Å². The standard InChI is InChI=1S/C14H24N4/c1-15-11-13-5-6-16-12-14(13)17(2)9-10-18-7-3-4-8-18/h5-6,12,15H,3-4,7-11H2,1-2H3. The van der Waals surface area contributed by atoms with Gasteiger partial charge in [0.05, 0.1) is 11.9 Å². The van der Waals surface area contributed by atoms with Gasteiger partial charge in [0.15, 0.2) is 0 Å². The summed E-state index contributed by atoms with van der Waals surface area (Å²) in [6.07, 6.45) is 6.56. The molecule has 2 heterocycles. The first-order valence-electron chi connectivity index (χ1n) is 6.82. The molecule has 1 saturated heterocycles. The summed E-state index contributed by atoms with van der Waals surface area (Å²) in [4.78, 5) is 9.11. The molecule has 1 fully saturated rings. The summed E-state index contributed by atoms with van der Waals surface area (Å²) in [6, 6.07) is 2.10. The normalized spacial score (nSPS) is 16.1. The first-order chi connectivity index (χ1) is 8.81. The van der Waals surface area contributed by atoms with Crippen molar-refractivity contribution >= 4 is 5.69 Å². The lowest BCUT2D eigenvalue weighted by Crippen LogP contribution is -2.32. The molecule has 0 spiro atoms. The maximum absolute atomic E-state index is 4.25. The zero-order chi connectivity index (χ0) is 12.8. The maximum Gasteiger partial charge on any atom is 0.0596 e. The molecule has 1 N–H and O–H groups in total. The quantitative estimate of drug-likeness (QED) is 0.823. The molecule has 0 bridgehead atoms. The molecule has 4 nitrogen and oxygen atoms in total. The van der Waals surface area contributed by atoms with Crippen LogP contribution in [-0.2, 0) is 6.54 Å². The van der Waals surface area contributed by atoms with E-state index in [4.69, 9.17) is 0 Å². The fourth-order valence-corrected chi connectivity index (χ4v) is 2.52. The predicted molar refractivity (Wildman–Crippen MR) is 75.9 cm³/mol. The highest BCUT2D eigenvalue weighted by atomic mass is 15.2. The Balaban J connectivity index is 1.92. The Morgan fingerprint density at radius 1 is 1.39 bits per heavy atom. The number of nitrogens with zero attached hydrogens (tertiary/aromatic N) is 3. The summed E-state index contributed by atoms with van der Waals surface area (Å²) in [5.41, 5.74) is 2.56. The van der Waals surface area contributed by atoms with Crippen molar-refractivity contribution in [3.63, 3.8) is 0 Å². The molecule has 1 aliphatic rings. The van der Waals surface area contributed by atoms with Gasteiger partial charge >= 0.3 is 0 Å². The van der Waals surface area contributed by atoms with Gasteiger partial charge in [0.2, 0.25) is 0 Å². The van der Waals surface area contributed by atoms with Gasteiger partial charge in [0, 0.05) is 32.9 Å². The van der Waals surface area contributed by atoms with Crippen molar-refractivity contribution in [2.24, 2.45) is 0 Å². The lowest BCUT2D eigenvalue weighted by atomic mass is 10.2. The lowest BCUT2D eigenvalue weighted by molar-refractivity contribution is 0.346. The summed E-state index contributed by atoms with van der Waals surface area (Å²) >= 11 is 0. The Kier molecular flexibility index (Phi) is 4.96. The number of rotatable bonds is 6. The lowest BCUT2D eigenvalue weighted by Gasteiger charge is -2.24. The van der Waals surface area contributed by atoms with Gasteiger partial charge in [-0.15, -0.1) is 0 Å². The van der Waals surface area contributed by atoms with Crippen LogP contribution in [0.1, 0.15) is 18.4 Å². The van der Waals surface area contributed by atoms with Crippen LogP contribution < -0.4 is 10.2 Å². The second-order valence-electron chi connectivity index (χ2n) is 5.01. The fourth-order valence-electron chi connectivity index (χ4n) is 2.52. The topological polar surface area (TPSA) is 31.4 Å². The number of hydrogen-bond acceptors (Lipinski definition) is 4. The van der Waals surface area contributed by atoms with Crippen LogP contribution >= 0.6 is 0 Å². The molecule has 0 amide bonds. The van der Waals surface area contributed by atoms with Gasteiger partial charge in [-0.1, -0.05) is 0 Å². The predicted octanol–water partition coefficient (Wildman–Crippen LogP) is 1.33. The van der Waals surface area contributed by atoms with E-state index in [2.05, 4.69) is 33.2 Å². The van der Waals surface area contributed by atoms with E-state index < -0.39 is 0 Å². The Morgan fingerprint density at radius 2 is 2.17 bits per heavy atom. The van der Waals surface area contributed by atoms with Crippen molar-refractivity contribution in [1.82, 2.24) is 15.2 Å². The van der Waals surface area contributed by atoms with Gasteiger partial charge in [-0.2, -0.15) is 0 Å². The highest BCUT2D eigenvalue weighted by Gasteiger charge is 2.13. The molecule has 2 rings (SSSR count). The van der Waals surface area contributed by atoms with Gasteiger partial charge in [-0.05, 0) is 44.6 Å². The Labute approximate surface area is 110 Å². The molecular weight excluding hydrogens is 224 g/mol. The molecule has 100 valence electrons. The molecular formula is C14H24N4. The zero-order valence-corrected chi connectivity index (χ0v) is 11.5. The van der Waals surface area contributed by atoms with E-state index >= 15 is 0 Å². The van der Waals surface area contributed by atoms with E-state index in [1.54, 1.807) is 0 Å². The number of hydrogen-bond donors (Lipinski definition) is 1. The van der Waals surface area contributed by atoms with Gasteiger partial charge in [0.1, 0.15) is 0 Å². The molecule has 18 heavy (non-hydrogen) atoms. The molecule has 0 radical (unpaired) electrons. The molecule has 0 unspecified atom stereocenters. The average molecular weight is 248 g/mol. The first kappa shape index (κ1) is 13.3. The van der Waals surface area contributed by atoms with Crippen LogP contribution in [0.2, 0.25) is 0 Å². The summed E-state index contributed by atoms with van der Waals surface area (Å²) in [5, 5.41) is 3.21. The number of aromatic nitrogens is 1. The number of likely N-dealkylation sites (tertiary alicyclic amines) is 1. The van der Waals surface area contributed by atoms with E-state index in [1.165, 1.54) is 37.2 Å². The molecule has 1 aromatic rings. The minimum absolute atomic E-state index is 0.895. The van der Waals surface area contributed by atoms with Crippen LogP contribution in [0, 0.1) is 0 Å². The Bertz CT molecular complexity index is 361. The molecule has 0 saturated carbocycles. The largest absolute Gasteiger partial charge is 0.372 e. The summed E-state index contributed by atoms with van der Waals surface area (Å²) in [6.45, 7) is 5.66. The first-order valence-corrected chi connectivity index (χ1v) is 6.82. The third-order valence-corrected chi connectivity index (χ3v) is 3.62. The average Bonchev–Trinajstić information content (AvgIpc) is 2.90. The van der Waals surface area contributed by atoms with Crippen LogP contribution in [0.5, 0.6) is 0 Å². The fraction of sp³-hybridized carbons (Fsp3) is 0.643. The van der Waals surface area contributed by atoms with Crippen molar-refractivity contribution in [2.75, 3.05) is 45.2 Å². The maximum atomic E-state index is 4.25. The molecule has 0 aliphatic carbocycles. The van der Waals surface area contributed by atoms with E-state index in [0.29, 0.717) is 0 Å². The van der Waals surface area contributed by atoms with E-state index in [-0.39, 0.29) is 0 Å². The second kappa shape index (κ2) is 6.71. The third kappa shape index (κ3) is 3.43. The monoisotopic (exact) mass is 248 g/mol. The van der Waals surface area contributed by atoms with Crippen molar-refractivity contribution in [1.29, 1.82) is 0 Å². The van der Waals surface area contributed by atoms with Crippen LogP contribution in [0.25, 0.3) is 0 Å². The van der Waals surface area contributed by atoms with Crippen LogP contribution in [0.3, 0.4) is 0 Å². The zero-order valence-electron chi connectivity index (χ0n) is 11.5. The Morgan fingerprint density at radius 3 is 2.89 bits per heavy atom. The van der Waals surface area contributed by atoms with Crippen molar-refractivity contribution in [3.8, 4) is 0 Å². The van der Waals surface area contributed by atoms with Crippen molar-refractivity contribution in [2.45, 2.75) is 19.4 Å². The summed E-state index contributed by atoms with van der Waals surface area (Å²) in [7, 11) is 4.14.